The quantitative estimate of drug-likeness (QED) is 0.901. The second-order valence-corrected chi connectivity index (χ2v) is 7.69. The maximum Gasteiger partial charge on any atom is 0.230 e. The molecule has 0 aromatic carbocycles. The maximum atomic E-state index is 12.9. The number of carbonyl (C=O) groups excluding carboxylic acids is 1. The number of pyridine rings is 1. The Morgan fingerprint density at radius 2 is 2.42 bits per heavy atom. The first-order chi connectivity index (χ1) is 11.8. The Morgan fingerprint density at radius 1 is 1.46 bits per heavy atom. The van der Waals surface area contributed by atoms with Crippen LogP contribution in [0.5, 0.6) is 0 Å². The van der Waals surface area contributed by atoms with Gasteiger partial charge in [0.15, 0.2) is 0 Å². The molecular formula is C18H21N3O2S. The fourth-order valence-corrected chi connectivity index (χ4v) is 4.51. The van der Waals surface area contributed by atoms with Gasteiger partial charge in [0.2, 0.25) is 5.91 Å². The van der Waals surface area contributed by atoms with Gasteiger partial charge in [0.05, 0.1) is 18.6 Å². The summed E-state index contributed by atoms with van der Waals surface area (Å²) in [6, 6.07) is 8.10. The van der Waals surface area contributed by atoms with Gasteiger partial charge in [0.25, 0.3) is 0 Å². The van der Waals surface area contributed by atoms with Gasteiger partial charge in [-0.2, -0.15) is 0 Å². The molecule has 2 aromatic heterocycles. The zero-order chi connectivity index (χ0) is 16.4. The summed E-state index contributed by atoms with van der Waals surface area (Å²) in [6.45, 7) is 4.35. The molecule has 24 heavy (non-hydrogen) atoms. The molecule has 126 valence electrons. The van der Waals surface area contributed by atoms with Gasteiger partial charge in [-0.15, -0.1) is 11.3 Å². The van der Waals surface area contributed by atoms with Crippen molar-refractivity contribution in [3.05, 3.63) is 52.5 Å². The monoisotopic (exact) mass is 343 g/mol. The van der Waals surface area contributed by atoms with Crippen molar-refractivity contribution in [1.82, 2.24) is 15.2 Å². The molecule has 2 aliphatic rings. The molecule has 0 unspecified atom stereocenters. The number of thiophene rings is 1. The smallest absolute Gasteiger partial charge is 0.230 e. The van der Waals surface area contributed by atoms with Crippen molar-refractivity contribution in [2.24, 2.45) is 11.3 Å². The Bertz CT molecular complexity index is 692. The van der Waals surface area contributed by atoms with E-state index >= 15 is 0 Å². The number of hydrogen-bond acceptors (Lipinski definition) is 5. The number of amides is 1. The third kappa shape index (κ3) is 2.97. The summed E-state index contributed by atoms with van der Waals surface area (Å²) in [5, 5.41) is 5.20. The lowest BCUT2D eigenvalue weighted by Crippen LogP contribution is -2.46. The molecule has 2 saturated heterocycles. The fourth-order valence-electron chi connectivity index (χ4n) is 3.77. The van der Waals surface area contributed by atoms with Crippen LogP contribution in [0.25, 0.3) is 0 Å². The van der Waals surface area contributed by atoms with Gasteiger partial charge >= 0.3 is 0 Å². The van der Waals surface area contributed by atoms with Crippen LogP contribution in [0, 0.1) is 11.3 Å². The summed E-state index contributed by atoms with van der Waals surface area (Å²) in [5.41, 5.74) is 0.616. The van der Waals surface area contributed by atoms with E-state index in [4.69, 9.17) is 4.74 Å². The molecular weight excluding hydrogens is 322 g/mol. The van der Waals surface area contributed by atoms with Crippen LogP contribution < -0.4 is 5.32 Å². The van der Waals surface area contributed by atoms with Crippen LogP contribution in [0.2, 0.25) is 0 Å². The predicted molar refractivity (Wildman–Crippen MR) is 92.4 cm³/mol. The number of rotatable bonds is 5. The highest BCUT2D eigenvalue weighted by atomic mass is 32.1. The van der Waals surface area contributed by atoms with Gasteiger partial charge in [-0.25, -0.2) is 0 Å². The minimum absolute atomic E-state index is 0.113. The molecule has 2 fully saturated rings. The zero-order valence-corrected chi connectivity index (χ0v) is 14.3. The molecule has 0 spiro atoms. The lowest BCUT2D eigenvalue weighted by Gasteiger charge is -2.26. The molecule has 2 aliphatic heterocycles. The van der Waals surface area contributed by atoms with Gasteiger partial charge in [0, 0.05) is 49.4 Å². The lowest BCUT2D eigenvalue weighted by molar-refractivity contribution is -0.131. The van der Waals surface area contributed by atoms with E-state index in [0.29, 0.717) is 19.8 Å². The Morgan fingerprint density at radius 3 is 3.21 bits per heavy atom. The number of aromatic nitrogens is 1. The van der Waals surface area contributed by atoms with E-state index in [1.165, 1.54) is 4.88 Å². The van der Waals surface area contributed by atoms with Crippen molar-refractivity contribution in [3.8, 4) is 0 Å². The van der Waals surface area contributed by atoms with E-state index in [9.17, 15) is 4.79 Å². The average molecular weight is 343 g/mol. The van der Waals surface area contributed by atoms with Crippen molar-refractivity contribution >= 4 is 17.2 Å². The van der Waals surface area contributed by atoms with Crippen LogP contribution in [0.3, 0.4) is 0 Å². The maximum absolute atomic E-state index is 12.9. The molecule has 4 rings (SSSR count). The molecule has 6 heteroatoms. The molecule has 0 aliphatic carbocycles. The predicted octanol–water partition coefficient (Wildman–Crippen LogP) is 1.91. The van der Waals surface area contributed by atoms with Crippen LogP contribution in [0.4, 0.5) is 0 Å². The van der Waals surface area contributed by atoms with E-state index in [2.05, 4.69) is 32.7 Å². The molecule has 2 atom stereocenters. The van der Waals surface area contributed by atoms with Crippen LogP contribution in [-0.2, 0) is 22.6 Å². The highest BCUT2D eigenvalue weighted by Crippen LogP contribution is 2.42. The van der Waals surface area contributed by atoms with E-state index in [1.54, 1.807) is 23.7 Å². The van der Waals surface area contributed by atoms with Crippen molar-refractivity contribution in [1.29, 1.82) is 0 Å². The van der Waals surface area contributed by atoms with E-state index in [1.807, 2.05) is 12.1 Å². The van der Waals surface area contributed by atoms with Crippen LogP contribution in [-0.4, -0.2) is 42.1 Å². The van der Waals surface area contributed by atoms with E-state index in [-0.39, 0.29) is 11.8 Å². The molecule has 5 nitrogen and oxygen atoms in total. The third-order valence-electron chi connectivity index (χ3n) is 5.03. The Kier molecular flexibility index (Phi) is 4.35. The van der Waals surface area contributed by atoms with Crippen LogP contribution >= 0.6 is 11.3 Å². The molecule has 1 N–H and O–H groups in total. The molecule has 0 saturated carbocycles. The standard InChI is InChI=1S/C18H21N3O2S/c22-17(20-8-14-3-1-5-19-7-14)18-12-21(9-15(18)11-23-13-18)10-16-4-2-6-24-16/h1-7,15H,8-13H2,(H,20,22)/t15-,18-/m0/s1. The fraction of sp³-hybridized carbons (Fsp3) is 0.444. The molecule has 0 bridgehead atoms. The van der Waals surface area contributed by atoms with Crippen LogP contribution in [0.15, 0.2) is 42.0 Å². The van der Waals surface area contributed by atoms with Crippen LogP contribution in [0.1, 0.15) is 10.4 Å². The first-order valence-electron chi connectivity index (χ1n) is 8.26. The highest BCUT2D eigenvalue weighted by molar-refractivity contribution is 7.09. The molecule has 2 aromatic rings. The number of hydrogen-bond donors (Lipinski definition) is 1. The summed E-state index contributed by atoms with van der Waals surface area (Å²) in [7, 11) is 0. The largest absolute Gasteiger partial charge is 0.380 e. The number of nitrogens with zero attached hydrogens (tertiary/aromatic N) is 2. The van der Waals surface area contributed by atoms with Gasteiger partial charge in [-0.05, 0) is 23.1 Å². The number of carbonyl (C=O) groups is 1. The van der Waals surface area contributed by atoms with Gasteiger partial charge in [0.1, 0.15) is 0 Å². The van der Waals surface area contributed by atoms with Crippen molar-refractivity contribution in [2.75, 3.05) is 26.3 Å². The number of likely N-dealkylation sites (tertiary alicyclic amines) is 1. The zero-order valence-electron chi connectivity index (χ0n) is 13.5. The highest BCUT2D eigenvalue weighted by Gasteiger charge is 2.55. The number of nitrogens with one attached hydrogen (secondary N) is 1. The Balaban J connectivity index is 1.42. The minimum atomic E-state index is -0.403. The average Bonchev–Trinajstić information content (AvgIpc) is 3.30. The summed E-state index contributed by atoms with van der Waals surface area (Å²) >= 11 is 1.77. The Hall–Kier alpha value is -1.76. The van der Waals surface area contributed by atoms with E-state index < -0.39 is 5.41 Å². The summed E-state index contributed by atoms with van der Waals surface area (Å²) in [5.74, 6) is 0.397. The topological polar surface area (TPSA) is 54.5 Å². The summed E-state index contributed by atoms with van der Waals surface area (Å²) in [6.07, 6.45) is 3.53. The number of fused-ring (bicyclic) bond motifs is 1. The summed E-state index contributed by atoms with van der Waals surface area (Å²) in [4.78, 5) is 20.8. The second kappa shape index (κ2) is 6.63. The second-order valence-electron chi connectivity index (χ2n) is 6.66. The molecule has 0 radical (unpaired) electrons. The molecule has 1 amide bonds. The van der Waals surface area contributed by atoms with E-state index in [0.717, 1.165) is 25.2 Å². The minimum Gasteiger partial charge on any atom is -0.380 e. The number of ether oxygens (including phenoxy) is 1. The van der Waals surface area contributed by atoms with Gasteiger partial charge < -0.3 is 10.1 Å². The SMILES string of the molecule is O=C(NCc1cccnc1)[C@@]12COC[C@@H]1CN(Cc1cccs1)C2. The Labute approximate surface area is 145 Å². The van der Waals surface area contributed by atoms with Crippen molar-refractivity contribution in [3.63, 3.8) is 0 Å². The summed E-state index contributed by atoms with van der Waals surface area (Å²) < 4.78 is 5.67. The van der Waals surface area contributed by atoms with Crippen molar-refractivity contribution in [2.45, 2.75) is 13.1 Å². The van der Waals surface area contributed by atoms with Gasteiger partial charge in [-0.3, -0.25) is 14.7 Å². The van der Waals surface area contributed by atoms with Crippen molar-refractivity contribution < 1.29 is 9.53 Å². The first kappa shape index (κ1) is 15.7. The third-order valence-corrected chi connectivity index (χ3v) is 5.89. The lowest BCUT2D eigenvalue weighted by atomic mass is 9.80. The normalized spacial score (nSPS) is 26.4. The molecule has 4 heterocycles. The first-order valence-corrected chi connectivity index (χ1v) is 9.14. The van der Waals surface area contributed by atoms with Gasteiger partial charge in [-0.1, -0.05) is 12.1 Å².